The number of carbonyl (C=O) groups is 4. The summed E-state index contributed by atoms with van der Waals surface area (Å²) in [7, 11) is 0. The van der Waals surface area contributed by atoms with Crippen molar-refractivity contribution >= 4 is 23.5 Å². The summed E-state index contributed by atoms with van der Waals surface area (Å²) in [6.07, 6.45) is 4.88. The molecule has 9 unspecified atom stereocenters. The first-order valence-electron chi connectivity index (χ1n) is 13.6. The number of rotatable bonds is 3. The molecule has 4 aliphatic carbocycles. The summed E-state index contributed by atoms with van der Waals surface area (Å²) in [4.78, 5) is 52.1. The van der Waals surface area contributed by atoms with Gasteiger partial charge in [-0.3, -0.25) is 19.2 Å². The van der Waals surface area contributed by atoms with Gasteiger partial charge in [-0.2, -0.15) is 0 Å². The van der Waals surface area contributed by atoms with E-state index in [4.69, 9.17) is 13.9 Å². The minimum absolute atomic E-state index is 0.0211. The van der Waals surface area contributed by atoms with Crippen molar-refractivity contribution in [2.45, 2.75) is 98.7 Å². The van der Waals surface area contributed by atoms with Gasteiger partial charge in [-0.25, -0.2) is 0 Å². The fourth-order valence-corrected chi connectivity index (χ4v) is 9.88. The first-order chi connectivity index (χ1) is 17.2. The average Bonchev–Trinajstić information content (AvgIpc) is 3.41. The maximum absolute atomic E-state index is 14.1. The van der Waals surface area contributed by atoms with Crippen LogP contribution in [0.15, 0.2) is 23.0 Å². The summed E-state index contributed by atoms with van der Waals surface area (Å²) < 4.78 is 17.6. The molecule has 9 atom stereocenters. The molecule has 202 valence electrons. The topological polar surface area (TPSA) is 99.9 Å². The lowest BCUT2D eigenvalue weighted by atomic mass is 9.35. The van der Waals surface area contributed by atoms with E-state index < -0.39 is 34.4 Å². The quantitative estimate of drug-likeness (QED) is 0.509. The van der Waals surface area contributed by atoms with E-state index in [-0.39, 0.29) is 46.7 Å². The third kappa shape index (κ3) is 3.44. The molecule has 0 aromatic carbocycles. The maximum atomic E-state index is 14.1. The van der Waals surface area contributed by atoms with Gasteiger partial charge >= 0.3 is 11.9 Å². The van der Waals surface area contributed by atoms with E-state index in [1.54, 1.807) is 12.5 Å². The van der Waals surface area contributed by atoms with Crippen LogP contribution in [0.25, 0.3) is 0 Å². The molecule has 0 amide bonds. The molecule has 4 aliphatic rings. The molecular formula is C30H40O7. The van der Waals surface area contributed by atoms with Crippen LogP contribution in [0.3, 0.4) is 0 Å². The summed E-state index contributed by atoms with van der Waals surface area (Å²) in [5.41, 5.74) is -1.31. The number of esters is 2. The largest absolute Gasteiger partial charge is 0.472 e. The van der Waals surface area contributed by atoms with Gasteiger partial charge in [-0.05, 0) is 48.1 Å². The molecule has 1 aromatic heterocycles. The molecule has 37 heavy (non-hydrogen) atoms. The van der Waals surface area contributed by atoms with Crippen molar-refractivity contribution in [3.8, 4) is 0 Å². The Balaban J connectivity index is 1.72. The Morgan fingerprint density at radius 1 is 0.919 bits per heavy atom. The van der Waals surface area contributed by atoms with E-state index >= 15 is 0 Å². The van der Waals surface area contributed by atoms with Crippen molar-refractivity contribution in [2.24, 2.45) is 39.4 Å². The van der Waals surface area contributed by atoms with Gasteiger partial charge in [-0.15, -0.1) is 0 Å². The minimum Gasteiger partial charge on any atom is -0.472 e. The highest BCUT2D eigenvalue weighted by Gasteiger charge is 2.75. The highest BCUT2D eigenvalue weighted by atomic mass is 16.5. The van der Waals surface area contributed by atoms with Crippen molar-refractivity contribution in [2.75, 3.05) is 0 Å². The molecule has 7 nitrogen and oxygen atoms in total. The first kappa shape index (κ1) is 26.2. The van der Waals surface area contributed by atoms with Gasteiger partial charge in [0.1, 0.15) is 23.8 Å². The van der Waals surface area contributed by atoms with E-state index in [0.29, 0.717) is 32.1 Å². The molecule has 7 heteroatoms. The van der Waals surface area contributed by atoms with Crippen molar-refractivity contribution in [1.82, 2.24) is 0 Å². The number of hydrogen-bond acceptors (Lipinski definition) is 7. The van der Waals surface area contributed by atoms with Crippen molar-refractivity contribution in [3.63, 3.8) is 0 Å². The van der Waals surface area contributed by atoms with Crippen molar-refractivity contribution < 1.29 is 33.1 Å². The fraction of sp³-hybridized carbons (Fsp3) is 0.733. The van der Waals surface area contributed by atoms with Gasteiger partial charge in [0.05, 0.1) is 12.5 Å². The predicted molar refractivity (Wildman–Crippen MR) is 134 cm³/mol. The Bertz CT molecular complexity index is 1130. The normalized spacial score (nSPS) is 44.4. The minimum atomic E-state index is -0.695. The zero-order valence-electron chi connectivity index (χ0n) is 23.1. The predicted octanol–water partition coefficient (Wildman–Crippen LogP) is 5.26. The van der Waals surface area contributed by atoms with Crippen LogP contribution in [-0.2, 0) is 28.7 Å². The average molecular weight is 513 g/mol. The molecule has 0 spiro atoms. The smallest absolute Gasteiger partial charge is 0.302 e. The Labute approximate surface area is 219 Å². The van der Waals surface area contributed by atoms with Crippen LogP contribution in [0.4, 0.5) is 0 Å². The molecule has 0 saturated heterocycles. The van der Waals surface area contributed by atoms with Crippen LogP contribution in [0, 0.1) is 39.4 Å². The van der Waals surface area contributed by atoms with Crippen LogP contribution in [0.1, 0.15) is 92.1 Å². The lowest BCUT2D eigenvalue weighted by Crippen LogP contribution is -2.70. The zero-order valence-corrected chi connectivity index (χ0v) is 23.1. The third-order valence-electron chi connectivity index (χ3n) is 11.4. The first-order valence-corrected chi connectivity index (χ1v) is 13.6. The molecule has 1 heterocycles. The summed E-state index contributed by atoms with van der Waals surface area (Å²) >= 11 is 0. The summed E-state index contributed by atoms with van der Waals surface area (Å²) in [6.45, 7) is 13.3. The third-order valence-corrected chi connectivity index (χ3v) is 11.4. The number of hydrogen-bond donors (Lipinski definition) is 0. The Hall–Kier alpha value is -2.44. The maximum Gasteiger partial charge on any atom is 0.302 e. The lowest BCUT2D eigenvalue weighted by molar-refractivity contribution is -0.257. The lowest BCUT2D eigenvalue weighted by Gasteiger charge is -2.69. The van der Waals surface area contributed by atoms with Crippen molar-refractivity contribution in [3.05, 3.63) is 24.2 Å². The zero-order chi connectivity index (χ0) is 27.1. The van der Waals surface area contributed by atoms with E-state index in [1.165, 1.54) is 13.8 Å². The van der Waals surface area contributed by atoms with Crippen LogP contribution in [-0.4, -0.2) is 35.7 Å². The van der Waals surface area contributed by atoms with Gasteiger partial charge in [-0.1, -0.05) is 34.6 Å². The molecular weight excluding hydrogens is 472 g/mol. The number of ether oxygens (including phenoxy) is 2. The fourth-order valence-electron chi connectivity index (χ4n) is 9.88. The molecule has 0 bridgehead atoms. The van der Waals surface area contributed by atoms with Crippen LogP contribution in [0.5, 0.6) is 0 Å². The molecule has 0 N–H and O–H groups in total. The molecule has 1 aromatic rings. The highest BCUT2D eigenvalue weighted by Crippen LogP contribution is 2.74. The SMILES string of the molecule is CC(=O)OC1CC2C3(C)CCC(=O)C(C)(C)C3CC(OC(C)=O)C2(C)C2C(=O)CC(c3ccoc3)C12C. The van der Waals surface area contributed by atoms with Crippen LogP contribution in [0.2, 0.25) is 0 Å². The summed E-state index contributed by atoms with van der Waals surface area (Å²) in [5, 5.41) is 0. The van der Waals surface area contributed by atoms with Gasteiger partial charge < -0.3 is 13.9 Å². The highest BCUT2D eigenvalue weighted by molar-refractivity contribution is 5.88. The summed E-state index contributed by atoms with van der Waals surface area (Å²) in [6, 6.07) is 1.89. The van der Waals surface area contributed by atoms with Gasteiger partial charge in [0.25, 0.3) is 0 Å². The van der Waals surface area contributed by atoms with E-state index in [2.05, 4.69) is 20.8 Å². The Morgan fingerprint density at radius 3 is 2.08 bits per heavy atom. The van der Waals surface area contributed by atoms with E-state index in [1.807, 2.05) is 19.9 Å². The number of fused-ring (bicyclic) bond motifs is 5. The van der Waals surface area contributed by atoms with Gasteiger partial charge in [0, 0.05) is 54.8 Å². The summed E-state index contributed by atoms with van der Waals surface area (Å²) in [5.74, 6) is -1.17. The number of carbonyl (C=O) groups excluding carboxylic acids is 4. The standard InChI is InChI=1S/C30H40O7/c1-16(31)36-24-14-22-28(5)10-8-23(34)27(3,4)21(28)13-25(37-17(2)32)30(22,7)26-20(33)12-19(29(24,26)6)18-9-11-35-15-18/h9,11,15,19,21-22,24-26H,8,10,12-14H2,1-7H3. The Morgan fingerprint density at radius 2 is 1.51 bits per heavy atom. The van der Waals surface area contributed by atoms with Crippen molar-refractivity contribution in [1.29, 1.82) is 0 Å². The molecule has 4 saturated carbocycles. The van der Waals surface area contributed by atoms with Crippen LogP contribution < -0.4 is 0 Å². The Kier molecular flexibility index (Phi) is 5.86. The second kappa shape index (κ2) is 8.28. The molecule has 0 radical (unpaired) electrons. The number of Topliss-reactive ketones (excluding diaryl/α,β-unsaturated/α-hetero) is 2. The number of ketones is 2. The monoisotopic (exact) mass is 512 g/mol. The van der Waals surface area contributed by atoms with Crippen LogP contribution >= 0.6 is 0 Å². The number of furan rings is 1. The second-order valence-electron chi connectivity index (χ2n) is 13.4. The molecule has 0 aliphatic heterocycles. The molecule has 5 rings (SSSR count). The second-order valence-corrected chi connectivity index (χ2v) is 13.4. The molecule has 4 fully saturated rings. The van der Waals surface area contributed by atoms with E-state index in [9.17, 15) is 19.2 Å². The van der Waals surface area contributed by atoms with E-state index in [0.717, 1.165) is 5.56 Å². The van der Waals surface area contributed by atoms with Gasteiger partial charge in [0.15, 0.2) is 0 Å². The van der Waals surface area contributed by atoms with Gasteiger partial charge in [0.2, 0.25) is 0 Å².